The van der Waals surface area contributed by atoms with Crippen LogP contribution in [-0.4, -0.2) is 79.9 Å². The second-order valence-corrected chi connectivity index (χ2v) is 11.5. The van der Waals surface area contributed by atoms with E-state index in [1.54, 1.807) is 11.8 Å². The van der Waals surface area contributed by atoms with Crippen LogP contribution in [0.15, 0.2) is 33.7 Å². The predicted molar refractivity (Wildman–Crippen MR) is 142 cm³/mol. The molecule has 0 spiro atoms. The zero-order valence-electron chi connectivity index (χ0n) is 19.9. The number of amidine groups is 1. The lowest BCUT2D eigenvalue weighted by atomic mass is 10.4. The monoisotopic (exact) mass is 513 g/mol. The van der Waals surface area contributed by atoms with Gasteiger partial charge in [-0.15, -0.1) is 11.3 Å². The predicted octanol–water partition coefficient (Wildman–Crippen LogP) is 3.90. The van der Waals surface area contributed by atoms with Crippen LogP contribution < -0.4 is 5.32 Å². The lowest BCUT2D eigenvalue weighted by Gasteiger charge is -2.07. The van der Waals surface area contributed by atoms with Gasteiger partial charge in [-0.3, -0.25) is 15.1 Å². The zero-order valence-corrected chi connectivity index (χ0v) is 22.4. The minimum absolute atomic E-state index is 0.264. The van der Waals surface area contributed by atoms with Gasteiger partial charge in [-0.25, -0.2) is 0 Å². The molecule has 2 aromatic rings. The summed E-state index contributed by atoms with van der Waals surface area (Å²) in [6.45, 7) is 2.70. The van der Waals surface area contributed by atoms with Gasteiger partial charge in [0.25, 0.3) is 6.54 Å². The maximum Gasteiger partial charge on any atom is 0.259 e. The standard InChI is InChI=1S/C22H35N5O3S3/c1-25(2)13-18-5-6-19(30-18)16-31-11-9-23-22(15-27(28)29)24-10-12-32-17-21-8-7-20(33-21)14-26(3)4/h5-8H,9-17H2,1-4H3,(H,23,24). The van der Waals surface area contributed by atoms with E-state index >= 15 is 0 Å². The van der Waals surface area contributed by atoms with Crippen LogP contribution in [-0.2, 0) is 24.6 Å². The van der Waals surface area contributed by atoms with Crippen LogP contribution in [0.4, 0.5) is 0 Å². The molecule has 1 N–H and O–H groups in total. The summed E-state index contributed by atoms with van der Waals surface area (Å²) >= 11 is 5.38. The second kappa shape index (κ2) is 15.4. The van der Waals surface area contributed by atoms with E-state index in [0.717, 1.165) is 47.6 Å². The van der Waals surface area contributed by atoms with Crippen molar-refractivity contribution in [1.29, 1.82) is 0 Å². The van der Waals surface area contributed by atoms with Gasteiger partial charge >= 0.3 is 0 Å². The van der Waals surface area contributed by atoms with Gasteiger partial charge in [0.2, 0.25) is 0 Å². The molecule has 8 nitrogen and oxygen atoms in total. The highest BCUT2D eigenvalue weighted by atomic mass is 32.2. The number of nitrogens with one attached hydrogen (secondary N) is 1. The van der Waals surface area contributed by atoms with Gasteiger partial charge in [0.05, 0.1) is 18.8 Å². The average molecular weight is 514 g/mol. The molecule has 0 unspecified atom stereocenters. The first-order valence-corrected chi connectivity index (χ1v) is 13.9. The number of aliphatic imine (C=N–C) groups is 1. The van der Waals surface area contributed by atoms with E-state index in [4.69, 9.17) is 4.42 Å². The normalized spacial score (nSPS) is 12.1. The minimum atomic E-state index is -0.334. The molecule has 0 aliphatic rings. The van der Waals surface area contributed by atoms with Crippen molar-refractivity contribution in [3.63, 3.8) is 0 Å². The summed E-state index contributed by atoms with van der Waals surface area (Å²) in [5.74, 6) is 5.76. The molecule has 2 aromatic heterocycles. The van der Waals surface area contributed by atoms with Crippen molar-refractivity contribution in [2.24, 2.45) is 4.99 Å². The molecular formula is C22H35N5O3S3. The number of thioether (sulfide) groups is 2. The van der Waals surface area contributed by atoms with E-state index in [1.807, 2.05) is 49.3 Å². The Labute approximate surface area is 209 Å². The average Bonchev–Trinajstić information content (AvgIpc) is 3.35. The highest BCUT2D eigenvalue weighted by Gasteiger charge is 2.08. The van der Waals surface area contributed by atoms with Crippen molar-refractivity contribution in [1.82, 2.24) is 15.1 Å². The van der Waals surface area contributed by atoms with Crippen LogP contribution in [0.1, 0.15) is 21.3 Å². The van der Waals surface area contributed by atoms with Gasteiger partial charge in [-0.2, -0.15) is 23.5 Å². The number of furan rings is 1. The summed E-state index contributed by atoms with van der Waals surface area (Å²) in [5.41, 5.74) is 0. The Kier molecular flexibility index (Phi) is 12.9. The van der Waals surface area contributed by atoms with Crippen molar-refractivity contribution >= 4 is 40.7 Å². The summed E-state index contributed by atoms with van der Waals surface area (Å²) in [7, 11) is 8.17. The van der Waals surface area contributed by atoms with Crippen LogP contribution in [0.3, 0.4) is 0 Å². The summed E-state index contributed by atoms with van der Waals surface area (Å²) in [6.07, 6.45) is 0. The molecule has 0 amide bonds. The molecule has 0 bridgehead atoms. The van der Waals surface area contributed by atoms with E-state index < -0.39 is 0 Å². The van der Waals surface area contributed by atoms with Gasteiger partial charge in [0.15, 0.2) is 5.84 Å². The van der Waals surface area contributed by atoms with Crippen molar-refractivity contribution in [2.75, 3.05) is 59.3 Å². The molecule has 11 heteroatoms. The maximum atomic E-state index is 11.0. The van der Waals surface area contributed by atoms with Crippen molar-refractivity contribution < 1.29 is 9.34 Å². The van der Waals surface area contributed by atoms with Crippen LogP contribution in [0, 0.1) is 10.1 Å². The van der Waals surface area contributed by atoms with Crippen molar-refractivity contribution in [3.05, 3.63) is 55.7 Å². The zero-order chi connectivity index (χ0) is 24.1. The molecule has 0 aromatic carbocycles. The van der Waals surface area contributed by atoms with Gasteiger partial charge in [-0.1, -0.05) is 0 Å². The van der Waals surface area contributed by atoms with Crippen LogP contribution in [0.5, 0.6) is 0 Å². The summed E-state index contributed by atoms with van der Waals surface area (Å²) in [5, 5.41) is 14.1. The highest BCUT2D eigenvalue weighted by molar-refractivity contribution is 7.98. The maximum absolute atomic E-state index is 11.0. The smallest absolute Gasteiger partial charge is 0.259 e. The minimum Gasteiger partial charge on any atom is -0.464 e. The van der Waals surface area contributed by atoms with Gasteiger partial charge in [0.1, 0.15) is 11.5 Å². The largest absolute Gasteiger partial charge is 0.464 e. The first-order chi connectivity index (χ1) is 15.8. The molecule has 0 fully saturated rings. The van der Waals surface area contributed by atoms with E-state index in [-0.39, 0.29) is 11.5 Å². The molecule has 2 rings (SSSR count). The molecule has 0 aliphatic heterocycles. The number of rotatable bonds is 16. The van der Waals surface area contributed by atoms with Gasteiger partial charge < -0.3 is 19.5 Å². The highest BCUT2D eigenvalue weighted by Crippen LogP contribution is 2.22. The molecular weight excluding hydrogens is 478 g/mol. The third-order valence-corrected chi connectivity index (χ3v) is 7.48. The Morgan fingerprint density at radius 1 is 1.03 bits per heavy atom. The van der Waals surface area contributed by atoms with Crippen LogP contribution in [0.25, 0.3) is 0 Å². The van der Waals surface area contributed by atoms with Crippen LogP contribution >= 0.6 is 34.9 Å². The Morgan fingerprint density at radius 3 is 2.45 bits per heavy atom. The first kappa shape index (κ1) is 27.7. The fourth-order valence-corrected chi connectivity index (χ4v) is 5.76. The number of nitrogens with zero attached hydrogens (tertiary/aromatic N) is 4. The van der Waals surface area contributed by atoms with Crippen LogP contribution in [0.2, 0.25) is 0 Å². The number of thiophene rings is 1. The number of nitro groups is 1. The fraction of sp³-hybridized carbons (Fsp3) is 0.591. The quantitative estimate of drug-likeness (QED) is 0.119. The first-order valence-electron chi connectivity index (χ1n) is 10.8. The van der Waals surface area contributed by atoms with E-state index in [9.17, 15) is 10.1 Å². The van der Waals surface area contributed by atoms with Gasteiger partial charge in [-0.05, 0) is 52.5 Å². The summed E-state index contributed by atoms with van der Waals surface area (Å²) < 4.78 is 5.80. The van der Waals surface area contributed by atoms with E-state index in [1.165, 1.54) is 9.75 Å². The molecule has 0 atom stereocenters. The Balaban J connectivity index is 1.64. The van der Waals surface area contributed by atoms with E-state index in [0.29, 0.717) is 18.9 Å². The molecule has 0 radical (unpaired) electrons. The van der Waals surface area contributed by atoms with Crippen molar-refractivity contribution in [3.8, 4) is 0 Å². The fourth-order valence-electron chi connectivity index (χ4n) is 2.94. The van der Waals surface area contributed by atoms with Gasteiger partial charge in [0, 0.05) is 45.0 Å². The SMILES string of the molecule is CN(C)Cc1ccc(CSCCNC(C[N+](=O)[O-])=NCCSCc2ccc(CN(C)C)s2)o1. The van der Waals surface area contributed by atoms with Crippen molar-refractivity contribution in [2.45, 2.75) is 24.6 Å². The topological polar surface area (TPSA) is 87.1 Å². The lowest BCUT2D eigenvalue weighted by molar-refractivity contribution is -0.463. The third kappa shape index (κ3) is 12.5. The molecule has 0 saturated carbocycles. The Hall–Kier alpha value is -1.53. The number of hydrogen-bond donors (Lipinski definition) is 1. The van der Waals surface area contributed by atoms with E-state index in [2.05, 4.69) is 46.3 Å². The molecule has 0 saturated heterocycles. The second-order valence-electron chi connectivity index (χ2n) is 8.06. The molecule has 33 heavy (non-hydrogen) atoms. The summed E-state index contributed by atoms with van der Waals surface area (Å²) in [4.78, 5) is 22.0. The molecule has 0 aliphatic carbocycles. The molecule has 184 valence electrons. The summed E-state index contributed by atoms with van der Waals surface area (Å²) in [6, 6.07) is 8.39. The molecule has 2 heterocycles. The Morgan fingerprint density at radius 2 is 1.73 bits per heavy atom. The Bertz CT molecular complexity index is 867. The lowest BCUT2D eigenvalue weighted by Crippen LogP contribution is -2.32. The number of hydrogen-bond acceptors (Lipinski definition) is 9. The third-order valence-electron chi connectivity index (χ3n) is 4.26.